The fraction of sp³-hybridized carbons (Fsp3) is 0.333. The van der Waals surface area contributed by atoms with Crippen molar-refractivity contribution in [3.8, 4) is 0 Å². The summed E-state index contributed by atoms with van der Waals surface area (Å²) in [6, 6.07) is 8.06. The van der Waals surface area contributed by atoms with Crippen LogP contribution in [0.1, 0.15) is 12.5 Å². The zero-order valence-corrected chi connectivity index (χ0v) is 7.53. The lowest BCUT2D eigenvalue weighted by Gasteiger charge is -1.99. The quantitative estimate of drug-likeness (QED) is 0.700. The van der Waals surface area contributed by atoms with Gasteiger partial charge in [0.05, 0.1) is 0 Å². The smallest absolute Gasteiger partial charge is 0.0314 e. The Bertz CT molecular complexity index is 205. The summed E-state index contributed by atoms with van der Waals surface area (Å²) in [5.41, 5.74) is 7.74. The van der Waals surface area contributed by atoms with E-state index in [1.807, 2.05) is 23.9 Å². The Balaban J connectivity index is 2.52. The Morgan fingerprint density at radius 2 is 1.91 bits per heavy atom. The van der Waals surface area contributed by atoms with E-state index in [9.17, 15) is 0 Å². The van der Waals surface area contributed by atoms with Crippen molar-refractivity contribution >= 4 is 17.4 Å². The molecule has 1 aromatic rings. The van der Waals surface area contributed by atoms with Gasteiger partial charge in [-0.1, -0.05) is 19.1 Å². The lowest BCUT2D eigenvalue weighted by atomic mass is 10.2. The fourth-order valence-corrected chi connectivity index (χ4v) is 1.47. The van der Waals surface area contributed by atoms with Gasteiger partial charge in [-0.3, -0.25) is 0 Å². The van der Waals surface area contributed by atoms with Crippen molar-refractivity contribution < 1.29 is 0 Å². The molecule has 0 unspecified atom stereocenters. The van der Waals surface area contributed by atoms with Crippen LogP contribution in [-0.2, 0) is 5.75 Å². The maximum atomic E-state index is 5.55. The molecule has 0 amide bonds. The van der Waals surface area contributed by atoms with Crippen LogP contribution >= 0.6 is 11.8 Å². The molecule has 0 radical (unpaired) electrons. The van der Waals surface area contributed by atoms with Gasteiger partial charge in [-0.05, 0) is 23.4 Å². The van der Waals surface area contributed by atoms with E-state index in [1.54, 1.807) is 0 Å². The monoisotopic (exact) mass is 167 g/mol. The van der Waals surface area contributed by atoms with Crippen LogP contribution in [0.15, 0.2) is 24.3 Å². The molecule has 0 saturated heterocycles. The summed E-state index contributed by atoms with van der Waals surface area (Å²) in [5.74, 6) is 2.27. The van der Waals surface area contributed by atoms with E-state index in [1.165, 1.54) is 11.3 Å². The average molecular weight is 167 g/mol. The molecule has 2 N–H and O–H groups in total. The molecule has 1 aromatic carbocycles. The van der Waals surface area contributed by atoms with E-state index < -0.39 is 0 Å². The lowest BCUT2D eigenvalue weighted by molar-refractivity contribution is 1.40. The van der Waals surface area contributed by atoms with Gasteiger partial charge in [0.15, 0.2) is 0 Å². The first-order valence-electron chi connectivity index (χ1n) is 3.75. The molecule has 1 nitrogen and oxygen atoms in total. The summed E-state index contributed by atoms with van der Waals surface area (Å²) in [5, 5.41) is 0. The first-order chi connectivity index (χ1) is 5.33. The topological polar surface area (TPSA) is 26.0 Å². The zero-order chi connectivity index (χ0) is 8.10. The third-order valence-corrected chi connectivity index (χ3v) is 2.40. The van der Waals surface area contributed by atoms with Gasteiger partial charge >= 0.3 is 0 Å². The van der Waals surface area contributed by atoms with Gasteiger partial charge in [0, 0.05) is 11.4 Å². The molecule has 0 aliphatic heterocycles. The van der Waals surface area contributed by atoms with E-state index in [0.717, 1.165) is 11.4 Å². The van der Waals surface area contributed by atoms with E-state index in [4.69, 9.17) is 5.73 Å². The minimum absolute atomic E-state index is 0.843. The number of nitrogens with two attached hydrogens (primary N) is 1. The highest BCUT2D eigenvalue weighted by molar-refractivity contribution is 7.98. The molecule has 60 valence electrons. The van der Waals surface area contributed by atoms with Gasteiger partial charge in [-0.25, -0.2) is 0 Å². The summed E-state index contributed by atoms with van der Waals surface area (Å²) < 4.78 is 0. The number of rotatable bonds is 3. The van der Waals surface area contributed by atoms with Crippen molar-refractivity contribution in [1.29, 1.82) is 0 Å². The molecule has 0 heterocycles. The van der Waals surface area contributed by atoms with Crippen molar-refractivity contribution in [3.05, 3.63) is 29.8 Å². The van der Waals surface area contributed by atoms with E-state index in [0.29, 0.717) is 0 Å². The highest BCUT2D eigenvalue weighted by atomic mass is 32.2. The molecule has 0 aliphatic carbocycles. The van der Waals surface area contributed by atoms with Gasteiger partial charge in [0.1, 0.15) is 0 Å². The normalized spacial score (nSPS) is 9.91. The standard InChI is InChI=1S/C9H13NS/c1-2-11-7-8-3-5-9(10)6-4-8/h3-6H,2,7,10H2,1H3. The second-order valence-electron chi connectivity index (χ2n) is 2.38. The molecular formula is C9H13NS. The van der Waals surface area contributed by atoms with Crippen LogP contribution < -0.4 is 5.73 Å². The van der Waals surface area contributed by atoms with E-state index in [-0.39, 0.29) is 0 Å². The first kappa shape index (κ1) is 8.47. The predicted molar refractivity (Wildman–Crippen MR) is 52.7 cm³/mol. The molecule has 0 aromatic heterocycles. The molecule has 0 atom stereocenters. The van der Waals surface area contributed by atoms with Crippen LogP contribution in [0.5, 0.6) is 0 Å². The van der Waals surface area contributed by atoms with Crippen LogP contribution in [0.25, 0.3) is 0 Å². The molecular weight excluding hydrogens is 154 g/mol. The Hall–Kier alpha value is -0.630. The van der Waals surface area contributed by atoms with Crippen molar-refractivity contribution in [3.63, 3.8) is 0 Å². The molecule has 0 fully saturated rings. The van der Waals surface area contributed by atoms with Crippen molar-refractivity contribution in [1.82, 2.24) is 0 Å². The summed E-state index contributed by atoms with van der Waals surface area (Å²) in [7, 11) is 0. The van der Waals surface area contributed by atoms with Gasteiger partial charge in [-0.15, -0.1) is 0 Å². The number of anilines is 1. The molecule has 11 heavy (non-hydrogen) atoms. The van der Waals surface area contributed by atoms with Crippen molar-refractivity contribution in [2.45, 2.75) is 12.7 Å². The molecule has 0 saturated carbocycles. The highest BCUT2D eigenvalue weighted by Gasteiger charge is 1.90. The average Bonchev–Trinajstić information content (AvgIpc) is 2.04. The Morgan fingerprint density at radius 3 is 2.45 bits per heavy atom. The maximum Gasteiger partial charge on any atom is 0.0314 e. The molecule has 0 spiro atoms. The Morgan fingerprint density at radius 1 is 1.27 bits per heavy atom. The van der Waals surface area contributed by atoms with E-state index >= 15 is 0 Å². The van der Waals surface area contributed by atoms with Gasteiger partial charge < -0.3 is 5.73 Å². The number of benzene rings is 1. The number of nitrogen functional groups attached to an aromatic ring is 1. The fourth-order valence-electron chi connectivity index (χ4n) is 0.834. The molecule has 0 aliphatic rings. The predicted octanol–water partition coefficient (Wildman–Crippen LogP) is 2.52. The third-order valence-electron chi connectivity index (χ3n) is 1.45. The molecule has 0 bridgehead atoms. The summed E-state index contributed by atoms with van der Waals surface area (Å²) in [6.45, 7) is 2.17. The van der Waals surface area contributed by atoms with Crippen LogP contribution in [0.3, 0.4) is 0 Å². The van der Waals surface area contributed by atoms with Crippen molar-refractivity contribution in [2.75, 3.05) is 11.5 Å². The first-order valence-corrected chi connectivity index (χ1v) is 4.90. The molecule has 2 heteroatoms. The zero-order valence-electron chi connectivity index (χ0n) is 6.71. The number of hydrogen-bond donors (Lipinski definition) is 1. The number of hydrogen-bond acceptors (Lipinski definition) is 2. The SMILES string of the molecule is CCSCc1ccc(N)cc1. The van der Waals surface area contributed by atoms with Gasteiger partial charge in [0.25, 0.3) is 0 Å². The van der Waals surface area contributed by atoms with Crippen LogP contribution in [0, 0.1) is 0 Å². The van der Waals surface area contributed by atoms with Gasteiger partial charge in [0.2, 0.25) is 0 Å². The summed E-state index contributed by atoms with van der Waals surface area (Å²) >= 11 is 1.93. The third kappa shape index (κ3) is 2.85. The summed E-state index contributed by atoms with van der Waals surface area (Å²) in [6.07, 6.45) is 0. The lowest BCUT2D eigenvalue weighted by Crippen LogP contribution is -1.85. The highest BCUT2D eigenvalue weighted by Crippen LogP contribution is 2.12. The number of thioether (sulfide) groups is 1. The minimum Gasteiger partial charge on any atom is -0.399 e. The van der Waals surface area contributed by atoms with Crippen LogP contribution in [0.2, 0.25) is 0 Å². The molecule has 1 rings (SSSR count). The summed E-state index contributed by atoms with van der Waals surface area (Å²) in [4.78, 5) is 0. The minimum atomic E-state index is 0.843. The van der Waals surface area contributed by atoms with Gasteiger partial charge in [-0.2, -0.15) is 11.8 Å². The largest absolute Gasteiger partial charge is 0.399 e. The second kappa shape index (κ2) is 4.29. The second-order valence-corrected chi connectivity index (χ2v) is 3.65. The van der Waals surface area contributed by atoms with Crippen LogP contribution in [-0.4, -0.2) is 5.75 Å². The van der Waals surface area contributed by atoms with E-state index in [2.05, 4.69) is 19.1 Å². The van der Waals surface area contributed by atoms with Crippen LogP contribution in [0.4, 0.5) is 5.69 Å². The Kier molecular flexibility index (Phi) is 3.30. The maximum absolute atomic E-state index is 5.55. The van der Waals surface area contributed by atoms with Crippen molar-refractivity contribution in [2.24, 2.45) is 0 Å². The Labute approximate surface area is 72.0 Å².